The molecule has 1 unspecified atom stereocenters. The standard InChI is InChI=1S/C23H29N3O5/c27-21-8-7-19(22(28)24-21)26-14-15-13-16(5-6-17(15)23(26)29)31-20-4-1-3-18(20)25-9-2-11-30-12-10-25/h5-6,13,18-20H,1-4,7-12,14H2,(H,24,27,28)/t18-,19?,20+/m0/s1. The lowest BCUT2D eigenvalue weighted by Crippen LogP contribution is -2.52. The Kier molecular flexibility index (Phi) is 5.67. The number of amides is 3. The Morgan fingerprint density at radius 2 is 1.94 bits per heavy atom. The molecule has 0 spiro atoms. The van der Waals surface area contributed by atoms with E-state index in [0.717, 1.165) is 63.3 Å². The third-order valence-corrected chi connectivity index (χ3v) is 6.93. The van der Waals surface area contributed by atoms with Crippen LogP contribution < -0.4 is 10.1 Å². The number of nitrogens with one attached hydrogen (secondary N) is 1. The van der Waals surface area contributed by atoms with Crippen LogP contribution in [0.15, 0.2) is 18.2 Å². The van der Waals surface area contributed by atoms with Crippen molar-refractivity contribution in [3.63, 3.8) is 0 Å². The fraction of sp³-hybridized carbons (Fsp3) is 0.609. The van der Waals surface area contributed by atoms with Crippen LogP contribution in [0.3, 0.4) is 0 Å². The van der Waals surface area contributed by atoms with Crippen LogP contribution >= 0.6 is 0 Å². The molecule has 3 aliphatic heterocycles. The summed E-state index contributed by atoms with van der Waals surface area (Å²) >= 11 is 0. The summed E-state index contributed by atoms with van der Waals surface area (Å²) in [5.41, 5.74) is 1.50. The minimum Gasteiger partial charge on any atom is -0.489 e. The zero-order chi connectivity index (χ0) is 21.4. The molecule has 1 aliphatic carbocycles. The molecule has 4 aliphatic rings. The fourth-order valence-electron chi connectivity index (χ4n) is 5.36. The number of carbonyl (C=O) groups is 3. The van der Waals surface area contributed by atoms with E-state index in [4.69, 9.17) is 9.47 Å². The number of hydrogen-bond acceptors (Lipinski definition) is 6. The summed E-state index contributed by atoms with van der Waals surface area (Å²) < 4.78 is 12.0. The molecule has 2 saturated heterocycles. The van der Waals surface area contributed by atoms with E-state index in [1.807, 2.05) is 18.2 Å². The van der Waals surface area contributed by atoms with Gasteiger partial charge in [0.25, 0.3) is 5.91 Å². The van der Waals surface area contributed by atoms with Gasteiger partial charge in [0.2, 0.25) is 11.8 Å². The summed E-state index contributed by atoms with van der Waals surface area (Å²) in [7, 11) is 0. The zero-order valence-corrected chi connectivity index (χ0v) is 17.7. The first-order valence-electron chi connectivity index (χ1n) is 11.4. The van der Waals surface area contributed by atoms with E-state index in [1.165, 1.54) is 0 Å². The average Bonchev–Trinajstić information content (AvgIpc) is 3.22. The van der Waals surface area contributed by atoms with Crippen molar-refractivity contribution in [2.24, 2.45) is 0 Å². The third-order valence-electron chi connectivity index (χ3n) is 6.93. The van der Waals surface area contributed by atoms with Gasteiger partial charge < -0.3 is 14.4 Å². The van der Waals surface area contributed by atoms with Gasteiger partial charge in [-0.1, -0.05) is 0 Å². The van der Waals surface area contributed by atoms with Crippen LogP contribution in [0.1, 0.15) is 54.4 Å². The third kappa shape index (κ3) is 4.06. The Bertz CT molecular complexity index is 880. The average molecular weight is 428 g/mol. The van der Waals surface area contributed by atoms with E-state index in [-0.39, 0.29) is 30.2 Å². The number of carbonyl (C=O) groups excluding carboxylic acids is 3. The highest BCUT2D eigenvalue weighted by molar-refractivity contribution is 6.05. The maximum atomic E-state index is 12.9. The molecule has 0 bridgehead atoms. The van der Waals surface area contributed by atoms with Gasteiger partial charge in [-0.15, -0.1) is 0 Å². The van der Waals surface area contributed by atoms with Crippen molar-refractivity contribution in [3.05, 3.63) is 29.3 Å². The smallest absolute Gasteiger partial charge is 0.255 e. The lowest BCUT2D eigenvalue weighted by Gasteiger charge is -2.31. The van der Waals surface area contributed by atoms with Crippen LogP contribution in [0.4, 0.5) is 0 Å². The van der Waals surface area contributed by atoms with Crippen molar-refractivity contribution < 1.29 is 23.9 Å². The van der Waals surface area contributed by atoms with Crippen molar-refractivity contribution in [1.29, 1.82) is 0 Å². The van der Waals surface area contributed by atoms with Crippen LogP contribution in [0.25, 0.3) is 0 Å². The summed E-state index contributed by atoms with van der Waals surface area (Å²) in [6, 6.07) is 5.43. The summed E-state index contributed by atoms with van der Waals surface area (Å²) in [5.74, 6) is -0.0358. The highest BCUT2D eigenvalue weighted by Crippen LogP contribution is 2.33. The maximum absolute atomic E-state index is 12.9. The summed E-state index contributed by atoms with van der Waals surface area (Å²) in [6.45, 7) is 3.97. The van der Waals surface area contributed by atoms with Crippen molar-refractivity contribution in [1.82, 2.24) is 15.1 Å². The first-order chi connectivity index (χ1) is 15.1. The highest BCUT2D eigenvalue weighted by atomic mass is 16.5. The minimum absolute atomic E-state index is 0.138. The Balaban J connectivity index is 1.28. The van der Waals surface area contributed by atoms with Crippen LogP contribution in [0.5, 0.6) is 5.75 Å². The fourth-order valence-corrected chi connectivity index (χ4v) is 5.36. The second-order valence-corrected chi connectivity index (χ2v) is 8.88. The summed E-state index contributed by atoms with van der Waals surface area (Å²) in [4.78, 5) is 40.6. The number of imide groups is 1. The van der Waals surface area contributed by atoms with Crippen LogP contribution in [-0.2, 0) is 20.9 Å². The normalized spacial score (nSPS) is 29.6. The van der Waals surface area contributed by atoms with Crippen LogP contribution in [-0.4, -0.2) is 72.0 Å². The number of rotatable bonds is 4. The van der Waals surface area contributed by atoms with Crippen molar-refractivity contribution in [2.45, 2.75) is 63.3 Å². The molecule has 1 saturated carbocycles. The zero-order valence-electron chi connectivity index (χ0n) is 17.7. The predicted octanol–water partition coefficient (Wildman–Crippen LogP) is 1.47. The van der Waals surface area contributed by atoms with Gasteiger partial charge in [-0.05, 0) is 55.9 Å². The molecule has 0 radical (unpaired) electrons. The number of benzene rings is 1. The summed E-state index contributed by atoms with van der Waals surface area (Å²) in [5, 5.41) is 2.34. The molecule has 3 atom stereocenters. The molecule has 3 heterocycles. The number of ether oxygens (including phenoxy) is 2. The Labute approximate surface area is 181 Å². The molecular weight excluding hydrogens is 398 g/mol. The minimum atomic E-state index is -0.591. The lowest BCUT2D eigenvalue weighted by atomic mass is 10.0. The Hall–Kier alpha value is -2.45. The van der Waals surface area contributed by atoms with E-state index >= 15 is 0 Å². The monoisotopic (exact) mass is 427 g/mol. The topological polar surface area (TPSA) is 88.2 Å². The van der Waals surface area contributed by atoms with Gasteiger partial charge >= 0.3 is 0 Å². The van der Waals surface area contributed by atoms with Gasteiger partial charge in [0.15, 0.2) is 0 Å². The lowest BCUT2D eigenvalue weighted by molar-refractivity contribution is -0.136. The van der Waals surface area contributed by atoms with E-state index in [0.29, 0.717) is 24.6 Å². The second-order valence-electron chi connectivity index (χ2n) is 8.88. The molecular formula is C23H29N3O5. The molecule has 1 N–H and O–H groups in total. The molecule has 1 aromatic rings. The highest BCUT2D eigenvalue weighted by Gasteiger charge is 2.39. The largest absolute Gasteiger partial charge is 0.489 e. The molecule has 3 amide bonds. The van der Waals surface area contributed by atoms with E-state index in [1.54, 1.807) is 4.90 Å². The van der Waals surface area contributed by atoms with Gasteiger partial charge in [0.1, 0.15) is 17.9 Å². The molecule has 166 valence electrons. The first-order valence-corrected chi connectivity index (χ1v) is 11.4. The summed E-state index contributed by atoms with van der Waals surface area (Å²) in [6.07, 6.45) is 5.14. The molecule has 5 rings (SSSR count). The molecule has 8 heteroatoms. The van der Waals surface area contributed by atoms with Crippen LogP contribution in [0, 0.1) is 0 Å². The quantitative estimate of drug-likeness (QED) is 0.733. The SMILES string of the molecule is O=C1CCC(N2Cc3cc(O[C@@H]4CCC[C@@H]4N4CCCOCC4)ccc3C2=O)C(=O)N1. The maximum Gasteiger partial charge on any atom is 0.255 e. The number of fused-ring (bicyclic) bond motifs is 1. The predicted molar refractivity (Wildman–Crippen MR) is 112 cm³/mol. The number of nitrogens with zero attached hydrogens (tertiary/aromatic N) is 2. The van der Waals surface area contributed by atoms with Gasteiger partial charge in [-0.2, -0.15) is 0 Å². The molecule has 0 aromatic heterocycles. The first kappa shape index (κ1) is 20.5. The number of hydrogen-bond donors (Lipinski definition) is 1. The molecule has 31 heavy (non-hydrogen) atoms. The van der Waals surface area contributed by atoms with E-state index in [9.17, 15) is 14.4 Å². The second kappa shape index (κ2) is 8.59. The molecule has 3 fully saturated rings. The van der Waals surface area contributed by atoms with Gasteiger partial charge in [-0.25, -0.2) is 0 Å². The Morgan fingerprint density at radius 3 is 2.81 bits per heavy atom. The number of piperidine rings is 1. The van der Waals surface area contributed by atoms with Gasteiger partial charge in [0.05, 0.1) is 6.61 Å². The van der Waals surface area contributed by atoms with Gasteiger partial charge in [0, 0.05) is 44.3 Å². The molecule has 1 aromatic carbocycles. The van der Waals surface area contributed by atoms with E-state index in [2.05, 4.69) is 10.2 Å². The Morgan fingerprint density at radius 1 is 1.03 bits per heavy atom. The van der Waals surface area contributed by atoms with Crippen molar-refractivity contribution >= 4 is 17.7 Å². The van der Waals surface area contributed by atoms with Crippen LogP contribution in [0.2, 0.25) is 0 Å². The van der Waals surface area contributed by atoms with Gasteiger partial charge in [-0.3, -0.25) is 24.6 Å². The molecule has 8 nitrogen and oxygen atoms in total. The van der Waals surface area contributed by atoms with Crippen molar-refractivity contribution in [3.8, 4) is 5.75 Å². The van der Waals surface area contributed by atoms with Crippen molar-refractivity contribution in [2.75, 3.05) is 26.3 Å². The van der Waals surface area contributed by atoms with E-state index < -0.39 is 6.04 Å².